The molecular formula is C15H27N3S. The fraction of sp³-hybridized carbons (Fsp3) is 0.733. The van der Waals surface area contributed by atoms with Gasteiger partial charge in [0, 0.05) is 23.5 Å². The zero-order valence-corrected chi connectivity index (χ0v) is 13.4. The molecule has 1 aliphatic rings. The van der Waals surface area contributed by atoms with Crippen molar-refractivity contribution < 1.29 is 0 Å². The first-order valence-corrected chi connectivity index (χ1v) is 8.08. The lowest BCUT2D eigenvalue weighted by molar-refractivity contribution is 0.0877. The number of thiophene rings is 1. The van der Waals surface area contributed by atoms with Crippen LogP contribution in [0, 0.1) is 6.92 Å². The first kappa shape index (κ1) is 15.0. The summed E-state index contributed by atoms with van der Waals surface area (Å²) in [6, 6.07) is 3.43. The van der Waals surface area contributed by atoms with E-state index in [2.05, 4.69) is 49.2 Å². The SMILES string of the molecule is Cc1ccsc1C(C(C)N)N1CCCC(N(C)C)C1. The molecule has 3 unspecified atom stereocenters. The lowest BCUT2D eigenvalue weighted by Crippen LogP contribution is -2.49. The van der Waals surface area contributed by atoms with Crippen LogP contribution in [0.4, 0.5) is 0 Å². The highest BCUT2D eigenvalue weighted by molar-refractivity contribution is 7.10. The van der Waals surface area contributed by atoms with Crippen molar-refractivity contribution in [1.82, 2.24) is 9.80 Å². The number of hydrogen-bond donors (Lipinski definition) is 1. The molecule has 2 heterocycles. The Morgan fingerprint density at radius 3 is 2.74 bits per heavy atom. The van der Waals surface area contributed by atoms with Crippen LogP contribution < -0.4 is 5.73 Å². The molecular weight excluding hydrogens is 254 g/mol. The van der Waals surface area contributed by atoms with E-state index in [1.807, 2.05) is 11.3 Å². The van der Waals surface area contributed by atoms with Gasteiger partial charge >= 0.3 is 0 Å². The van der Waals surface area contributed by atoms with Gasteiger partial charge < -0.3 is 10.6 Å². The topological polar surface area (TPSA) is 32.5 Å². The number of likely N-dealkylation sites (tertiary alicyclic amines) is 1. The van der Waals surface area contributed by atoms with Gasteiger partial charge in [0.15, 0.2) is 0 Å². The highest BCUT2D eigenvalue weighted by atomic mass is 32.1. The Balaban J connectivity index is 2.18. The van der Waals surface area contributed by atoms with Crippen molar-refractivity contribution in [1.29, 1.82) is 0 Å². The monoisotopic (exact) mass is 281 g/mol. The maximum Gasteiger partial charge on any atom is 0.0593 e. The van der Waals surface area contributed by atoms with Gasteiger partial charge in [-0.05, 0) is 64.3 Å². The molecule has 1 aliphatic heterocycles. The van der Waals surface area contributed by atoms with Crippen molar-refractivity contribution in [3.8, 4) is 0 Å². The first-order valence-electron chi connectivity index (χ1n) is 7.20. The molecule has 19 heavy (non-hydrogen) atoms. The summed E-state index contributed by atoms with van der Waals surface area (Å²) in [4.78, 5) is 6.40. The Morgan fingerprint density at radius 1 is 1.47 bits per heavy atom. The van der Waals surface area contributed by atoms with Gasteiger partial charge in [0.2, 0.25) is 0 Å². The maximum absolute atomic E-state index is 6.30. The average molecular weight is 281 g/mol. The summed E-state index contributed by atoms with van der Waals surface area (Å²) in [6.45, 7) is 6.65. The number of likely N-dealkylation sites (N-methyl/N-ethyl adjacent to an activating group) is 1. The van der Waals surface area contributed by atoms with Crippen molar-refractivity contribution in [2.24, 2.45) is 5.73 Å². The zero-order chi connectivity index (χ0) is 14.0. The molecule has 2 rings (SSSR count). The van der Waals surface area contributed by atoms with Gasteiger partial charge in [-0.15, -0.1) is 11.3 Å². The third kappa shape index (κ3) is 3.37. The Bertz CT molecular complexity index is 400. The van der Waals surface area contributed by atoms with E-state index >= 15 is 0 Å². The fourth-order valence-corrected chi connectivity index (χ4v) is 4.26. The second-order valence-electron chi connectivity index (χ2n) is 6.03. The molecule has 0 amide bonds. The minimum Gasteiger partial charge on any atom is -0.326 e. The lowest BCUT2D eigenvalue weighted by Gasteiger charge is -2.41. The van der Waals surface area contributed by atoms with E-state index in [0.717, 1.165) is 6.54 Å². The normalized spacial score (nSPS) is 24.6. The predicted molar refractivity (Wildman–Crippen MR) is 83.7 cm³/mol. The molecule has 3 atom stereocenters. The molecule has 0 bridgehead atoms. The Kier molecular flexibility index (Phi) is 5.01. The highest BCUT2D eigenvalue weighted by Crippen LogP contribution is 2.33. The fourth-order valence-electron chi connectivity index (χ4n) is 3.08. The number of nitrogens with zero attached hydrogens (tertiary/aromatic N) is 2. The number of piperidine rings is 1. The number of rotatable bonds is 4. The predicted octanol–water partition coefficient (Wildman–Crippen LogP) is 2.47. The van der Waals surface area contributed by atoms with Crippen LogP contribution >= 0.6 is 11.3 Å². The standard InChI is InChI=1S/C15H27N3S/c1-11-7-9-19-15(11)14(12(2)16)18-8-5-6-13(10-18)17(3)4/h7,9,12-14H,5-6,8,10,16H2,1-4H3. The van der Waals surface area contributed by atoms with E-state index in [1.165, 1.54) is 29.8 Å². The Morgan fingerprint density at radius 2 is 2.21 bits per heavy atom. The van der Waals surface area contributed by atoms with Crippen molar-refractivity contribution in [2.45, 2.75) is 44.8 Å². The number of aryl methyl sites for hydroxylation is 1. The summed E-state index contributed by atoms with van der Waals surface area (Å²) in [5.74, 6) is 0. The summed E-state index contributed by atoms with van der Waals surface area (Å²) < 4.78 is 0. The van der Waals surface area contributed by atoms with Gasteiger partial charge in [-0.1, -0.05) is 0 Å². The summed E-state index contributed by atoms with van der Waals surface area (Å²) in [5, 5.41) is 2.19. The molecule has 1 saturated heterocycles. The van der Waals surface area contributed by atoms with Gasteiger partial charge in [0.25, 0.3) is 0 Å². The molecule has 0 spiro atoms. The van der Waals surface area contributed by atoms with E-state index in [1.54, 1.807) is 0 Å². The highest BCUT2D eigenvalue weighted by Gasteiger charge is 2.31. The van der Waals surface area contributed by atoms with Crippen LogP contribution in [0.15, 0.2) is 11.4 Å². The average Bonchev–Trinajstić information content (AvgIpc) is 2.76. The molecule has 1 fully saturated rings. The summed E-state index contributed by atoms with van der Waals surface area (Å²) in [7, 11) is 4.37. The van der Waals surface area contributed by atoms with Crippen molar-refractivity contribution in [3.63, 3.8) is 0 Å². The molecule has 108 valence electrons. The van der Waals surface area contributed by atoms with Crippen molar-refractivity contribution >= 4 is 11.3 Å². The van der Waals surface area contributed by atoms with E-state index < -0.39 is 0 Å². The van der Waals surface area contributed by atoms with Gasteiger partial charge in [-0.25, -0.2) is 0 Å². The summed E-state index contributed by atoms with van der Waals surface area (Å²) >= 11 is 1.85. The quantitative estimate of drug-likeness (QED) is 0.920. The van der Waals surface area contributed by atoms with Gasteiger partial charge in [0.05, 0.1) is 6.04 Å². The zero-order valence-electron chi connectivity index (χ0n) is 12.6. The first-order chi connectivity index (χ1) is 9.00. The molecule has 0 aromatic carbocycles. The van der Waals surface area contributed by atoms with Crippen molar-refractivity contribution in [3.05, 3.63) is 21.9 Å². The van der Waals surface area contributed by atoms with Crippen LogP contribution in [0.1, 0.15) is 36.2 Å². The molecule has 3 nitrogen and oxygen atoms in total. The molecule has 1 aromatic rings. The van der Waals surface area contributed by atoms with Crippen LogP contribution in [0.25, 0.3) is 0 Å². The van der Waals surface area contributed by atoms with Gasteiger partial charge in [0.1, 0.15) is 0 Å². The van der Waals surface area contributed by atoms with Crippen LogP contribution in [0.2, 0.25) is 0 Å². The minimum absolute atomic E-state index is 0.179. The lowest BCUT2D eigenvalue weighted by atomic mass is 9.98. The van der Waals surface area contributed by atoms with E-state index in [9.17, 15) is 0 Å². The smallest absolute Gasteiger partial charge is 0.0593 e. The Hall–Kier alpha value is -0.420. The summed E-state index contributed by atoms with van der Waals surface area (Å²) in [6.07, 6.45) is 2.58. The van der Waals surface area contributed by atoms with Crippen LogP contribution in [0.3, 0.4) is 0 Å². The summed E-state index contributed by atoms with van der Waals surface area (Å²) in [5.41, 5.74) is 7.69. The third-order valence-corrected chi connectivity index (χ3v) is 5.31. The molecule has 4 heteroatoms. The van der Waals surface area contributed by atoms with Crippen LogP contribution in [-0.4, -0.2) is 49.1 Å². The van der Waals surface area contributed by atoms with Crippen molar-refractivity contribution in [2.75, 3.05) is 27.2 Å². The minimum atomic E-state index is 0.179. The van der Waals surface area contributed by atoms with Gasteiger partial charge in [-0.3, -0.25) is 4.90 Å². The third-order valence-electron chi connectivity index (χ3n) is 4.22. The van der Waals surface area contributed by atoms with Crippen LogP contribution in [0.5, 0.6) is 0 Å². The Labute approximate surface area is 121 Å². The van der Waals surface area contributed by atoms with E-state index in [0.29, 0.717) is 12.1 Å². The molecule has 0 aliphatic carbocycles. The van der Waals surface area contributed by atoms with Crippen LogP contribution in [-0.2, 0) is 0 Å². The molecule has 2 N–H and O–H groups in total. The van der Waals surface area contributed by atoms with Gasteiger partial charge in [-0.2, -0.15) is 0 Å². The number of hydrogen-bond acceptors (Lipinski definition) is 4. The molecule has 0 saturated carbocycles. The largest absolute Gasteiger partial charge is 0.326 e. The van der Waals surface area contributed by atoms with E-state index in [4.69, 9.17) is 5.73 Å². The number of nitrogens with two attached hydrogens (primary N) is 1. The second-order valence-corrected chi connectivity index (χ2v) is 6.97. The molecule has 0 radical (unpaired) electrons. The van der Waals surface area contributed by atoms with E-state index in [-0.39, 0.29) is 6.04 Å². The molecule has 1 aromatic heterocycles. The maximum atomic E-state index is 6.30. The second kappa shape index (κ2) is 6.35.